The van der Waals surface area contributed by atoms with Gasteiger partial charge in [-0.2, -0.15) is 5.10 Å². The number of hydrogen-bond acceptors (Lipinski definition) is 2. The van der Waals surface area contributed by atoms with E-state index in [0.29, 0.717) is 0 Å². The molecule has 0 spiro atoms. The van der Waals surface area contributed by atoms with Crippen molar-refractivity contribution < 1.29 is 0 Å². The summed E-state index contributed by atoms with van der Waals surface area (Å²) in [5.74, 6) is 0. The van der Waals surface area contributed by atoms with Crippen LogP contribution in [0, 0.1) is 20.8 Å². The lowest BCUT2D eigenvalue weighted by Gasteiger charge is -2.03. The molecule has 2 aromatic heterocycles. The molecule has 3 rings (SSSR count). The summed E-state index contributed by atoms with van der Waals surface area (Å²) in [6.45, 7) is 7.95. The van der Waals surface area contributed by atoms with Crippen LogP contribution < -0.4 is 0 Å². The van der Waals surface area contributed by atoms with Gasteiger partial charge in [0.2, 0.25) is 0 Å². The van der Waals surface area contributed by atoms with Crippen molar-refractivity contribution >= 4 is 17.2 Å². The zero-order valence-corrected chi connectivity index (χ0v) is 11.6. The van der Waals surface area contributed by atoms with E-state index < -0.39 is 0 Å². The second kappa shape index (κ2) is 4.35. The Hall–Kier alpha value is -1.87. The molecule has 0 saturated carbocycles. The molecule has 0 saturated heterocycles. The molecule has 0 N–H and O–H groups in total. The van der Waals surface area contributed by atoms with Gasteiger partial charge in [0, 0.05) is 22.0 Å². The Kier molecular flexibility index (Phi) is 2.79. The molecular weight excluding hydrogens is 258 g/mol. The number of benzene rings is 1. The average molecular weight is 271 g/mol. The first-order valence-electron chi connectivity index (χ1n) is 6.01. The summed E-state index contributed by atoms with van der Waals surface area (Å²) in [6.07, 6.45) is 0. The van der Waals surface area contributed by atoms with Crippen molar-refractivity contribution in [2.75, 3.05) is 0 Å². The molecule has 4 heteroatoms. The standard InChI is InChI=1S/C15H13ClN3/c1-9-8-10(2)19-15(17-9)14(11(3)18-19)12-4-6-13(16)7-5-12/h4-8H,2H2,1,3H3. The van der Waals surface area contributed by atoms with Gasteiger partial charge in [0.25, 0.3) is 0 Å². The van der Waals surface area contributed by atoms with Crippen molar-refractivity contribution in [2.45, 2.75) is 13.8 Å². The molecule has 1 aromatic carbocycles. The number of rotatable bonds is 1. The smallest absolute Gasteiger partial charge is 0.163 e. The molecule has 0 atom stereocenters. The normalized spacial score (nSPS) is 11.2. The highest BCUT2D eigenvalue weighted by Crippen LogP contribution is 2.28. The molecule has 2 heterocycles. The Morgan fingerprint density at radius 3 is 2.53 bits per heavy atom. The largest absolute Gasteiger partial charge is 0.233 e. The highest BCUT2D eigenvalue weighted by atomic mass is 35.5. The predicted octanol–water partition coefficient (Wildman–Crippen LogP) is 3.85. The maximum atomic E-state index is 5.94. The van der Waals surface area contributed by atoms with Crippen LogP contribution in [-0.2, 0) is 0 Å². The second-order valence-corrected chi connectivity index (χ2v) is 5.03. The van der Waals surface area contributed by atoms with E-state index in [9.17, 15) is 0 Å². The number of fused-ring (bicyclic) bond motifs is 1. The minimum Gasteiger partial charge on any atom is -0.233 e. The Bertz CT molecular complexity index is 757. The number of nitrogens with zero attached hydrogens (tertiary/aromatic N) is 3. The van der Waals surface area contributed by atoms with Crippen molar-refractivity contribution in [3.05, 3.63) is 59.4 Å². The fourth-order valence-corrected chi connectivity index (χ4v) is 2.40. The monoisotopic (exact) mass is 270 g/mol. The third kappa shape index (κ3) is 2.00. The van der Waals surface area contributed by atoms with Crippen LogP contribution in [0.25, 0.3) is 16.8 Å². The van der Waals surface area contributed by atoms with Crippen LogP contribution in [0.15, 0.2) is 30.3 Å². The lowest BCUT2D eigenvalue weighted by molar-refractivity contribution is 0.889. The summed E-state index contributed by atoms with van der Waals surface area (Å²) in [7, 11) is 0. The van der Waals surface area contributed by atoms with E-state index in [1.165, 1.54) is 0 Å². The quantitative estimate of drug-likeness (QED) is 0.672. The summed E-state index contributed by atoms with van der Waals surface area (Å²) in [6, 6.07) is 9.64. The van der Waals surface area contributed by atoms with E-state index in [4.69, 9.17) is 11.6 Å². The average Bonchev–Trinajstić information content (AvgIpc) is 2.67. The summed E-state index contributed by atoms with van der Waals surface area (Å²) >= 11 is 5.94. The minimum atomic E-state index is 0.722. The van der Waals surface area contributed by atoms with E-state index in [1.54, 1.807) is 4.52 Å². The van der Waals surface area contributed by atoms with Gasteiger partial charge in [0.1, 0.15) is 0 Å². The predicted molar refractivity (Wildman–Crippen MR) is 77.4 cm³/mol. The van der Waals surface area contributed by atoms with E-state index in [2.05, 4.69) is 17.0 Å². The van der Waals surface area contributed by atoms with Gasteiger partial charge < -0.3 is 0 Å². The molecule has 0 amide bonds. The number of hydrogen-bond donors (Lipinski definition) is 0. The molecular formula is C15H13ClN3. The Morgan fingerprint density at radius 2 is 1.84 bits per heavy atom. The Labute approximate surface area is 116 Å². The first-order chi connectivity index (χ1) is 9.06. The molecule has 0 bridgehead atoms. The molecule has 3 aromatic rings. The highest BCUT2D eigenvalue weighted by molar-refractivity contribution is 6.30. The zero-order valence-electron chi connectivity index (χ0n) is 10.8. The maximum absolute atomic E-state index is 5.94. The van der Waals surface area contributed by atoms with Crippen LogP contribution >= 0.6 is 11.6 Å². The van der Waals surface area contributed by atoms with Gasteiger partial charge in [0.05, 0.1) is 5.69 Å². The third-order valence-corrected chi connectivity index (χ3v) is 3.35. The van der Waals surface area contributed by atoms with Gasteiger partial charge in [-0.15, -0.1) is 0 Å². The minimum absolute atomic E-state index is 0.722. The molecule has 0 aliphatic rings. The molecule has 0 aliphatic carbocycles. The Balaban J connectivity index is 2.34. The molecule has 95 valence electrons. The summed E-state index contributed by atoms with van der Waals surface area (Å²) < 4.78 is 1.78. The number of aromatic nitrogens is 3. The lowest BCUT2D eigenvalue weighted by atomic mass is 10.1. The van der Waals surface area contributed by atoms with Crippen LogP contribution in [0.1, 0.15) is 17.1 Å². The van der Waals surface area contributed by atoms with Gasteiger partial charge in [-0.25, -0.2) is 9.50 Å². The van der Waals surface area contributed by atoms with Gasteiger partial charge in [0.15, 0.2) is 5.65 Å². The van der Waals surface area contributed by atoms with Crippen molar-refractivity contribution in [1.29, 1.82) is 0 Å². The van der Waals surface area contributed by atoms with E-state index in [0.717, 1.165) is 38.9 Å². The second-order valence-electron chi connectivity index (χ2n) is 4.59. The van der Waals surface area contributed by atoms with Crippen LogP contribution in [0.3, 0.4) is 0 Å². The van der Waals surface area contributed by atoms with Gasteiger partial charge in [-0.3, -0.25) is 0 Å². The first-order valence-corrected chi connectivity index (χ1v) is 6.39. The molecule has 1 radical (unpaired) electrons. The van der Waals surface area contributed by atoms with Gasteiger partial charge in [-0.05, 0) is 44.5 Å². The Morgan fingerprint density at radius 1 is 1.16 bits per heavy atom. The molecule has 0 fully saturated rings. The summed E-state index contributed by atoms with van der Waals surface area (Å²) in [5.41, 5.74) is 5.65. The lowest BCUT2D eigenvalue weighted by Crippen LogP contribution is -1.97. The number of aryl methyl sites for hydroxylation is 2. The SMILES string of the molecule is [CH2]c1cc(C)nc2c(-c3ccc(Cl)cc3)c(C)nn12. The fourth-order valence-electron chi connectivity index (χ4n) is 2.27. The van der Waals surface area contributed by atoms with Crippen LogP contribution in [0.5, 0.6) is 0 Å². The van der Waals surface area contributed by atoms with E-state index >= 15 is 0 Å². The molecule has 0 unspecified atom stereocenters. The third-order valence-electron chi connectivity index (χ3n) is 3.10. The molecule has 3 nitrogen and oxygen atoms in total. The van der Waals surface area contributed by atoms with Crippen molar-refractivity contribution in [2.24, 2.45) is 0 Å². The van der Waals surface area contributed by atoms with E-state index in [-0.39, 0.29) is 0 Å². The first kappa shape index (κ1) is 12.2. The zero-order chi connectivity index (χ0) is 13.6. The van der Waals surface area contributed by atoms with Crippen LogP contribution in [0.4, 0.5) is 0 Å². The highest BCUT2D eigenvalue weighted by Gasteiger charge is 2.14. The topological polar surface area (TPSA) is 30.2 Å². The maximum Gasteiger partial charge on any atom is 0.163 e. The summed E-state index contributed by atoms with van der Waals surface area (Å²) in [4.78, 5) is 4.58. The fraction of sp³-hybridized carbons (Fsp3) is 0.133. The van der Waals surface area contributed by atoms with Gasteiger partial charge >= 0.3 is 0 Å². The molecule has 19 heavy (non-hydrogen) atoms. The van der Waals surface area contributed by atoms with Gasteiger partial charge in [-0.1, -0.05) is 23.7 Å². The number of halogens is 1. The van der Waals surface area contributed by atoms with E-state index in [1.807, 2.05) is 44.2 Å². The van der Waals surface area contributed by atoms with Crippen LogP contribution in [0.2, 0.25) is 5.02 Å². The summed E-state index contributed by atoms with van der Waals surface area (Å²) in [5, 5.41) is 5.23. The molecule has 0 aliphatic heterocycles. The van der Waals surface area contributed by atoms with Crippen LogP contribution in [-0.4, -0.2) is 14.6 Å². The van der Waals surface area contributed by atoms with Crippen molar-refractivity contribution in [3.8, 4) is 11.1 Å². The van der Waals surface area contributed by atoms with Crippen molar-refractivity contribution in [3.63, 3.8) is 0 Å². The van der Waals surface area contributed by atoms with Crippen molar-refractivity contribution in [1.82, 2.24) is 14.6 Å².